The smallest absolute Gasteiger partial charge is 0.0746 e. The molecule has 114 valence electrons. The van der Waals surface area contributed by atoms with Gasteiger partial charge in [-0.15, -0.1) is 0 Å². The zero-order chi connectivity index (χ0) is 15.0. The molecule has 2 spiro atoms. The van der Waals surface area contributed by atoms with Gasteiger partial charge in [-0.25, -0.2) is 0 Å². The van der Waals surface area contributed by atoms with Crippen LogP contribution in [0.1, 0.15) is 36.8 Å². The van der Waals surface area contributed by atoms with Gasteiger partial charge in [-0.3, -0.25) is 4.98 Å². The molecule has 1 aromatic carbocycles. The summed E-state index contributed by atoms with van der Waals surface area (Å²) in [5, 5.41) is 0.886. The van der Waals surface area contributed by atoms with Crippen LogP contribution in [0, 0.1) is 29.1 Å². The summed E-state index contributed by atoms with van der Waals surface area (Å²) in [5.41, 5.74) is 6.55. The lowest BCUT2D eigenvalue weighted by atomic mass is 9.34. The van der Waals surface area contributed by atoms with Crippen LogP contribution in [-0.4, -0.2) is 4.98 Å². The van der Waals surface area contributed by atoms with Crippen LogP contribution in [0.5, 0.6) is 0 Å². The van der Waals surface area contributed by atoms with E-state index in [-0.39, 0.29) is 5.41 Å². The number of pyridine rings is 1. The lowest BCUT2D eigenvalue weighted by molar-refractivity contribution is -0.193. The maximum absolute atomic E-state index is 6.45. The standard InChI is InChI=1S/C21H18ClN/c22-14-3-4-15-17(9-14)21(16-2-1-5-23-19(15)16)13-7-11-6-12-8-18(21)20(11,12)10-13/h1-5,9,11-13,18H,6-8,10H2. The third-order valence-corrected chi connectivity index (χ3v) is 8.79. The third kappa shape index (κ3) is 0.980. The Morgan fingerprint density at radius 1 is 1.00 bits per heavy atom. The van der Waals surface area contributed by atoms with Crippen LogP contribution in [0.4, 0.5) is 0 Å². The van der Waals surface area contributed by atoms with E-state index in [0.717, 1.165) is 28.7 Å². The molecule has 23 heavy (non-hydrogen) atoms. The maximum Gasteiger partial charge on any atom is 0.0746 e. The molecule has 6 atom stereocenters. The fourth-order valence-corrected chi connectivity index (χ4v) is 8.22. The Kier molecular flexibility index (Phi) is 1.77. The second kappa shape index (κ2) is 3.37. The predicted octanol–water partition coefficient (Wildman–Crippen LogP) is 5.07. The third-order valence-electron chi connectivity index (χ3n) is 8.56. The summed E-state index contributed by atoms with van der Waals surface area (Å²) < 4.78 is 0. The maximum atomic E-state index is 6.45. The average Bonchev–Trinajstić information content (AvgIpc) is 3.13. The van der Waals surface area contributed by atoms with Gasteiger partial charge in [0.15, 0.2) is 0 Å². The quantitative estimate of drug-likeness (QED) is 0.661. The van der Waals surface area contributed by atoms with E-state index in [1.165, 1.54) is 48.1 Å². The Labute approximate surface area is 141 Å². The molecule has 7 rings (SSSR count). The Morgan fingerprint density at radius 3 is 2.74 bits per heavy atom. The Hall–Kier alpha value is -1.34. The average molecular weight is 320 g/mol. The van der Waals surface area contributed by atoms with Crippen LogP contribution in [0.15, 0.2) is 36.5 Å². The van der Waals surface area contributed by atoms with Gasteiger partial charge in [-0.1, -0.05) is 23.7 Å². The van der Waals surface area contributed by atoms with Gasteiger partial charge in [0.1, 0.15) is 0 Å². The van der Waals surface area contributed by atoms with Gasteiger partial charge < -0.3 is 0 Å². The van der Waals surface area contributed by atoms with Crippen molar-refractivity contribution in [3.05, 3.63) is 52.7 Å². The molecule has 1 aromatic heterocycles. The summed E-state index contributed by atoms with van der Waals surface area (Å²) >= 11 is 6.45. The van der Waals surface area contributed by atoms with E-state index in [4.69, 9.17) is 16.6 Å². The molecule has 2 heteroatoms. The highest BCUT2D eigenvalue weighted by molar-refractivity contribution is 6.30. The van der Waals surface area contributed by atoms with E-state index >= 15 is 0 Å². The van der Waals surface area contributed by atoms with Crippen LogP contribution in [-0.2, 0) is 5.41 Å². The molecule has 0 amide bonds. The van der Waals surface area contributed by atoms with Crippen LogP contribution in [0.3, 0.4) is 0 Å². The second-order valence-corrected chi connectivity index (χ2v) is 9.06. The minimum Gasteiger partial charge on any atom is -0.256 e. The van der Waals surface area contributed by atoms with E-state index in [9.17, 15) is 0 Å². The summed E-state index contributed by atoms with van der Waals surface area (Å²) in [4.78, 5) is 4.80. The molecule has 2 aromatic rings. The van der Waals surface area contributed by atoms with Crippen molar-refractivity contribution in [3.63, 3.8) is 0 Å². The SMILES string of the molecule is Clc1ccc2c(c1)C1(c3cccnc3-2)C2CC3CC4CC1C34C2. The molecule has 5 aliphatic carbocycles. The van der Waals surface area contributed by atoms with Gasteiger partial charge in [0, 0.05) is 22.2 Å². The lowest BCUT2D eigenvalue weighted by Gasteiger charge is -2.70. The zero-order valence-electron chi connectivity index (χ0n) is 12.9. The van der Waals surface area contributed by atoms with Crippen molar-refractivity contribution in [3.8, 4) is 11.3 Å². The minimum absolute atomic E-state index is 0.233. The Morgan fingerprint density at radius 2 is 1.87 bits per heavy atom. The Balaban J connectivity index is 1.59. The molecule has 0 N–H and O–H groups in total. The summed E-state index contributed by atoms with van der Waals surface area (Å²) in [6.45, 7) is 0. The van der Waals surface area contributed by atoms with Crippen molar-refractivity contribution >= 4 is 11.6 Å². The molecular weight excluding hydrogens is 302 g/mol. The van der Waals surface area contributed by atoms with Gasteiger partial charge in [-0.05, 0) is 84.1 Å². The molecule has 2 bridgehead atoms. The first-order chi connectivity index (χ1) is 11.3. The number of halogens is 1. The van der Waals surface area contributed by atoms with Gasteiger partial charge in [-0.2, -0.15) is 0 Å². The highest BCUT2D eigenvalue weighted by Gasteiger charge is 2.82. The molecule has 1 nitrogen and oxygen atoms in total. The zero-order valence-corrected chi connectivity index (χ0v) is 13.7. The van der Waals surface area contributed by atoms with Gasteiger partial charge in [0.2, 0.25) is 0 Å². The van der Waals surface area contributed by atoms with Crippen molar-refractivity contribution < 1.29 is 0 Å². The number of hydrogen-bond acceptors (Lipinski definition) is 1. The molecule has 0 radical (unpaired) electrons. The molecule has 5 aliphatic rings. The number of benzene rings is 1. The molecule has 4 saturated carbocycles. The second-order valence-electron chi connectivity index (χ2n) is 8.63. The first-order valence-electron chi connectivity index (χ1n) is 9.02. The molecular formula is C21H18ClN. The molecule has 4 fully saturated rings. The summed E-state index contributed by atoms with van der Waals surface area (Å²) in [7, 11) is 0. The summed E-state index contributed by atoms with van der Waals surface area (Å²) in [6, 6.07) is 11.0. The van der Waals surface area contributed by atoms with Gasteiger partial charge >= 0.3 is 0 Å². The first kappa shape index (κ1) is 12.1. The van der Waals surface area contributed by atoms with Crippen molar-refractivity contribution in [2.75, 3.05) is 0 Å². The largest absolute Gasteiger partial charge is 0.256 e. The molecule has 6 unspecified atom stereocenters. The molecule has 0 saturated heterocycles. The van der Waals surface area contributed by atoms with Gasteiger partial charge in [0.25, 0.3) is 0 Å². The van der Waals surface area contributed by atoms with Crippen molar-refractivity contribution in [2.24, 2.45) is 29.1 Å². The van der Waals surface area contributed by atoms with Crippen molar-refractivity contribution in [2.45, 2.75) is 31.1 Å². The number of fused-ring (bicyclic) bond motifs is 8. The number of nitrogens with zero attached hydrogens (tertiary/aromatic N) is 1. The van der Waals surface area contributed by atoms with Crippen LogP contribution < -0.4 is 0 Å². The molecule has 0 aliphatic heterocycles. The highest BCUT2D eigenvalue weighted by Crippen LogP contribution is 2.87. The van der Waals surface area contributed by atoms with E-state index in [1.54, 1.807) is 0 Å². The van der Waals surface area contributed by atoms with Gasteiger partial charge in [0.05, 0.1) is 5.69 Å². The van der Waals surface area contributed by atoms with E-state index in [2.05, 4.69) is 24.3 Å². The predicted molar refractivity (Wildman–Crippen MR) is 90.3 cm³/mol. The number of rotatable bonds is 0. The highest BCUT2D eigenvalue weighted by atomic mass is 35.5. The van der Waals surface area contributed by atoms with E-state index in [0.29, 0.717) is 5.41 Å². The van der Waals surface area contributed by atoms with Crippen molar-refractivity contribution in [1.82, 2.24) is 4.98 Å². The van der Waals surface area contributed by atoms with E-state index < -0.39 is 0 Å². The molecule has 1 heterocycles. The van der Waals surface area contributed by atoms with Crippen molar-refractivity contribution in [1.29, 1.82) is 0 Å². The fourth-order valence-electron chi connectivity index (χ4n) is 8.05. The topological polar surface area (TPSA) is 12.9 Å². The monoisotopic (exact) mass is 319 g/mol. The minimum atomic E-state index is 0.233. The van der Waals surface area contributed by atoms with Crippen LogP contribution in [0.25, 0.3) is 11.3 Å². The van der Waals surface area contributed by atoms with E-state index in [1.807, 2.05) is 12.3 Å². The number of aromatic nitrogens is 1. The fraction of sp³-hybridized carbons (Fsp3) is 0.476. The first-order valence-corrected chi connectivity index (χ1v) is 9.40. The summed E-state index contributed by atoms with van der Waals surface area (Å²) in [6.07, 6.45) is 7.82. The Bertz CT molecular complexity index is 904. The normalized spacial score (nSPS) is 46.1. The summed E-state index contributed by atoms with van der Waals surface area (Å²) in [5.74, 6) is 3.73. The lowest BCUT2D eigenvalue weighted by Crippen LogP contribution is -2.65. The van der Waals surface area contributed by atoms with Crippen LogP contribution in [0.2, 0.25) is 5.02 Å². The van der Waals surface area contributed by atoms with Crippen LogP contribution >= 0.6 is 11.6 Å². The number of hydrogen-bond donors (Lipinski definition) is 0.